The normalized spacial score (nSPS) is 9.75. The summed E-state index contributed by atoms with van der Waals surface area (Å²) in [7, 11) is 0. The lowest BCUT2D eigenvalue weighted by Gasteiger charge is -1.92. The lowest BCUT2D eigenvalue weighted by atomic mass is 10.2. The number of H-pyrrole nitrogens is 1. The van der Waals surface area contributed by atoms with Crippen molar-refractivity contribution in [3.63, 3.8) is 0 Å². The zero-order valence-corrected chi connectivity index (χ0v) is 9.39. The molecule has 1 aromatic heterocycles. The summed E-state index contributed by atoms with van der Waals surface area (Å²) in [6.07, 6.45) is 1.83. The standard InChI is InChI=1S/C8H7BrN2.BrH/c9-4-6-1-2-8-7(3-6)5-10-11-8;/h1-3,5H,4H2,(H,10,11);1H. The Labute approximate surface area is 90.7 Å². The van der Waals surface area contributed by atoms with Gasteiger partial charge in [0, 0.05) is 10.7 Å². The van der Waals surface area contributed by atoms with Crippen molar-refractivity contribution in [1.29, 1.82) is 0 Å². The summed E-state index contributed by atoms with van der Waals surface area (Å²) < 4.78 is 0. The van der Waals surface area contributed by atoms with E-state index in [-0.39, 0.29) is 18.4 Å². The molecule has 0 radical (unpaired) electrons. The number of halogens is 2. The molecule has 0 amide bonds. The number of benzene rings is 1. The average Bonchev–Trinajstić information content (AvgIpc) is 2.50. The van der Waals surface area contributed by atoms with E-state index in [0.29, 0.717) is 0 Å². The Morgan fingerprint density at radius 1 is 1.50 bits per heavy atom. The van der Waals surface area contributed by atoms with Crippen molar-refractivity contribution >= 4 is 26.8 Å². The Balaban J connectivity index is 0.000000720. The van der Waals surface area contributed by atoms with Crippen LogP contribution >= 0.6 is 15.9 Å². The molecule has 0 saturated heterocycles. The van der Waals surface area contributed by atoms with Gasteiger partial charge in [0.05, 0.1) is 11.7 Å². The molecule has 0 bridgehead atoms. The maximum Gasteiger partial charge on any atom is 1.00 e. The van der Waals surface area contributed by atoms with Gasteiger partial charge in [-0.1, -0.05) is 22.0 Å². The number of nitrogens with zero attached hydrogens (tertiary/aromatic N) is 1. The van der Waals surface area contributed by atoms with Crippen LogP contribution in [0.2, 0.25) is 0 Å². The third-order valence-electron chi connectivity index (χ3n) is 1.66. The number of nitrogens with one attached hydrogen (secondary N) is 1. The van der Waals surface area contributed by atoms with E-state index in [9.17, 15) is 0 Å². The molecule has 2 rings (SSSR count). The Morgan fingerprint density at radius 3 is 3.08 bits per heavy atom. The van der Waals surface area contributed by atoms with Crippen LogP contribution in [0.3, 0.4) is 0 Å². The first kappa shape index (κ1) is 9.74. The molecule has 1 aromatic carbocycles. The fourth-order valence-electron chi connectivity index (χ4n) is 1.08. The first-order valence-corrected chi connectivity index (χ1v) is 4.50. The Bertz CT molecular complexity index is 375. The quantitative estimate of drug-likeness (QED) is 0.710. The zero-order chi connectivity index (χ0) is 7.68. The van der Waals surface area contributed by atoms with E-state index in [2.05, 4.69) is 38.3 Å². The third kappa shape index (κ3) is 1.69. The van der Waals surface area contributed by atoms with Crippen molar-refractivity contribution in [2.45, 2.75) is 5.33 Å². The van der Waals surface area contributed by atoms with Crippen LogP contribution in [-0.4, -0.2) is 10.2 Å². The monoisotopic (exact) mass is 290 g/mol. The minimum absolute atomic E-state index is 0. The molecule has 4 heteroatoms. The fraction of sp³-hybridized carbons (Fsp3) is 0.125. The van der Waals surface area contributed by atoms with Crippen LogP contribution in [0.1, 0.15) is 6.99 Å². The zero-order valence-electron chi connectivity index (χ0n) is 7.22. The molecule has 0 aliphatic heterocycles. The Hall–Kier alpha value is -0.350. The largest absolute Gasteiger partial charge is 1.00 e. The second-order valence-electron chi connectivity index (χ2n) is 2.43. The van der Waals surface area contributed by atoms with Gasteiger partial charge in [0.15, 0.2) is 0 Å². The highest BCUT2D eigenvalue weighted by Crippen LogP contribution is 2.14. The summed E-state index contributed by atoms with van der Waals surface area (Å²) in [4.78, 5) is 0. The highest BCUT2D eigenvalue weighted by Gasteiger charge is 1.95. The van der Waals surface area contributed by atoms with Gasteiger partial charge in [-0.15, -0.1) is 0 Å². The smallest absolute Gasteiger partial charge is 1.00 e. The van der Waals surface area contributed by atoms with Gasteiger partial charge < -0.3 is 17.0 Å². The SMILES string of the molecule is BrCc1ccc2[nH]ncc2c1.[Br-].[H+]. The molecule has 64 valence electrons. The van der Waals surface area contributed by atoms with Crippen LogP contribution in [0.5, 0.6) is 0 Å². The molecule has 1 N–H and O–H groups in total. The number of aromatic amines is 1. The second kappa shape index (κ2) is 4.05. The van der Waals surface area contributed by atoms with Crippen molar-refractivity contribution in [3.8, 4) is 0 Å². The van der Waals surface area contributed by atoms with Gasteiger partial charge in [0.1, 0.15) is 0 Å². The number of rotatable bonds is 1. The number of fused-ring (bicyclic) bond motifs is 1. The predicted molar refractivity (Wildman–Crippen MR) is 49.8 cm³/mol. The van der Waals surface area contributed by atoms with Gasteiger partial charge in [0.2, 0.25) is 0 Å². The summed E-state index contributed by atoms with van der Waals surface area (Å²) >= 11 is 3.40. The van der Waals surface area contributed by atoms with E-state index in [1.807, 2.05) is 12.3 Å². The molecule has 0 unspecified atom stereocenters. The molecular weight excluding hydrogens is 284 g/mol. The molecule has 0 fully saturated rings. The van der Waals surface area contributed by atoms with Gasteiger partial charge in [0.25, 0.3) is 0 Å². The van der Waals surface area contributed by atoms with Gasteiger partial charge in [-0.2, -0.15) is 5.10 Å². The maximum atomic E-state index is 3.94. The van der Waals surface area contributed by atoms with Gasteiger partial charge >= 0.3 is 1.43 Å². The fourth-order valence-corrected chi connectivity index (χ4v) is 1.42. The van der Waals surface area contributed by atoms with Gasteiger partial charge in [-0.25, -0.2) is 0 Å². The third-order valence-corrected chi connectivity index (χ3v) is 2.31. The van der Waals surface area contributed by atoms with Crippen molar-refractivity contribution in [2.24, 2.45) is 0 Å². The molecule has 2 aromatic rings. The van der Waals surface area contributed by atoms with Crippen LogP contribution in [0.25, 0.3) is 10.9 Å². The van der Waals surface area contributed by atoms with E-state index in [0.717, 1.165) is 10.8 Å². The summed E-state index contributed by atoms with van der Waals surface area (Å²) in [5.41, 5.74) is 2.37. The highest BCUT2D eigenvalue weighted by molar-refractivity contribution is 9.08. The first-order chi connectivity index (χ1) is 5.40. The van der Waals surface area contributed by atoms with E-state index >= 15 is 0 Å². The van der Waals surface area contributed by atoms with Gasteiger partial charge in [-0.05, 0) is 17.7 Å². The highest BCUT2D eigenvalue weighted by atomic mass is 79.9. The summed E-state index contributed by atoms with van der Waals surface area (Å²) in [5, 5.41) is 8.91. The molecular formula is C8H8Br2N2. The Morgan fingerprint density at radius 2 is 2.33 bits per heavy atom. The van der Waals surface area contributed by atoms with E-state index in [1.54, 1.807) is 0 Å². The first-order valence-electron chi connectivity index (χ1n) is 3.38. The average molecular weight is 292 g/mol. The number of alkyl halides is 1. The Kier molecular flexibility index (Phi) is 3.29. The molecule has 0 spiro atoms. The minimum atomic E-state index is 0. The minimum Gasteiger partial charge on any atom is -1.00 e. The number of aromatic nitrogens is 2. The van der Waals surface area contributed by atoms with Crippen LogP contribution in [0.15, 0.2) is 24.4 Å². The summed E-state index contributed by atoms with van der Waals surface area (Å²) in [5.74, 6) is 0. The van der Waals surface area contributed by atoms with Crippen LogP contribution in [0.4, 0.5) is 0 Å². The van der Waals surface area contributed by atoms with Crippen LogP contribution in [-0.2, 0) is 5.33 Å². The summed E-state index contributed by atoms with van der Waals surface area (Å²) in [6, 6.07) is 6.24. The molecule has 2 nitrogen and oxygen atoms in total. The van der Waals surface area contributed by atoms with Crippen molar-refractivity contribution in [2.75, 3.05) is 0 Å². The lowest BCUT2D eigenvalue weighted by Crippen LogP contribution is -3.00. The molecule has 0 aliphatic rings. The van der Waals surface area contributed by atoms with E-state index < -0.39 is 0 Å². The topological polar surface area (TPSA) is 28.7 Å². The summed E-state index contributed by atoms with van der Waals surface area (Å²) in [6.45, 7) is 0. The van der Waals surface area contributed by atoms with Crippen molar-refractivity contribution in [3.05, 3.63) is 30.0 Å². The molecule has 1 heterocycles. The maximum absolute atomic E-state index is 3.94. The van der Waals surface area contributed by atoms with Crippen LogP contribution in [0, 0.1) is 0 Å². The van der Waals surface area contributed by atoms with Crippen molar-refractivity contribution in [1.82, 2.24) is 10.2 Å². The second-order valence-corrected chi connectivity index (χ2v) is 2.99. The van der Waals surface area contributed by atoms with Crippen LogP contribution < -0.4 is 17.0 Å². The predicted octanol–water partition coefficient (Wildman–Crippen LogP) is -0.426. The molecule has 0 aliphatic carbocycles. The number of hydrogen-bond donors (Lipinski definition) is 1. The van der Waals surface area contributed by atoms with E-state index in [1.165, 1.54) is 10.9 Å². The van der Waals surface area contributed by atoms with Crippen molar-refractivity contribution < 1.29 is 18.4 Å². The molecule has 0 atom stereocenters. The molecule has 12 heavy (non-hydrogen) atoms. The van der Waals surface area contributed by atoms with Gasteiger partial charge in [-0.3, -0.25) is 5.10 Å². The lowest BCUT2D eigenvalue weighted by molar-refractivity contribution is -0.00000220. The number of hydrogen-bond acceptors (Lipinski definition) is 1. The molecule has 0 saturated carbocycles. The van der Waals surface area contributed by atoms with E-state index in [4.69, 9.17) is 0 Å².